The highest BCUT2D eigenvalue weighted by Crippen LogP contribution is 2.43. The summed E-state index contributed by atoms with van der Waals surface area (Å²) in [5, 5.41) is 10.7. The van der Waals surface area contributed by atoms with Crippen LogP contribution in [0.1, 0.15) is 31.7 Å². The van der Waals surface area contributed by atoms with E-state index in [1.54, 1.807) is 11.0 Å². The molecule has 2 saturated heterocycles. The number of carbonyl (C=O) groups is 1. The molecule has 2 aromatic carbocycles. The van der Waals surface area contributed by atoms with Gasteiger partial charge in [-0.05, 0) is 69.6 Å². The van der Waals surface area contributed by atoms with Crippen molar-refractivity contribution < 1.29 is 18.3 Å². The second-order valence-corrected chi connectivity index (χ2v) is 12.5. The van der Waals surface area contributed by atoms with Crippen molar-refractivity contribution in [3.8, 4) is 23.2 Å². The number of fused-ring (bicyclic) bond motifs is 2. The molecule has 1 amide bonds. The summed E-state index contributed by atoms with van der Waals surface area (Å²) in [7, 11) is 3.94. The summed E-state index contributed by atoms with van der Waals surface area (Å²) in [5.74, 6) is -0.780. The van der Waals surface area contributed by atoms with Crippen LogP contribution in [-0.4, -0.2) is 77.6 Å². The number of carbonyl (C=O) groups excluding carboxylic acids is 1. The second kappa shape index (κ2) is 11.6. The number of halogens is 2. The fourth-order valence-corrected chi connectivity index (χ4v) is 7.51. The first kappa shape index (κ1) is 29.7. The van der Waals surface area contributed by atoms with E-state index in [4.69, 9.17) is 20.4 Å². The third-order valence-electron chi connectivity index (χ3n) is 9.04. The van der Waals surface area contributed by atoms with Crippen LogP contribution in [0.25, 0.3) is 32.1 Å². The van der Waals surface area contributed by atoms with Crippen LogP contribution in [0.4, 0.5) is 19.6 Å². The van der Waals surface area contributed by atoms with Crippen molar-refractivity contribution >= 4 is 49.1 Å². The molecule has 2 aromatic heterocycles. The maximum atomic E-state index is 16.1. The van der Waals surface area contributed by atoms with E-state index < -0.39 is 11.6 Å². The van der Waals surface area contributed by atoms with Gasteiger partial charge in [0.2, 0.25) is 5.91 Å². The van der Waals surface area contributed by atoms with Crippen LogP contribution >= 0.6 is 11.3 Å². The van der Waals surface area contributed by atoms with Crippen LogP contribution in [0.5, 0.6) is 6.01 Å². The van der Waals surface area contributed by atoms with E-state index in [0.717, 1.165) is 30.7 Å². The first-order valence-electron chi connectivity index (χ1n) is 14.5. The first-order chi connectivity index (χ1) is 21.1. The number of likely N-dealkylation sites (N-methyl/N-ethyl adjacent to an activating group) is 2. The zero-order valence-corrected chi connectivity index (χ0v) is 25.6. The summed E-state index contributed by atoms with van der Waals surface area (Å²) < 4.78 is 37.2. The van der Waals surface area contributed by atoms with Gasteiger partial charge in [0.05, 0.1) is 21.8 Å². The molecule has 2 fully saturated rings. The van der Waals surface area contributed by atoms with E-state index in [2.05, 4.69) is 18.5 Å². The van der Waals surface area contributed by atoms with Gasteiger partial charge in [-0.15, -0.1) is 11.3 Å². The van der Waals surface area contributed by atoms with Gasteiger partial charge in [0.25, 0.3) is 0 Å². The van der Waals surface area contributed by atoms with E-state index in [1.165, 1.54) is 24.3 Å². The number of anilines is 2. The summed E-state index contributed by atoms with van der Waals surface area (Å²) in [5.41, 5.74) is 7.08. The van der Waals surface area contributed by atoms with Crippen molar-refractivity contribution in [1.82, 2.24) is 19.8 Å². The fourth-order valence-electron chi connectivity index (χ4n) is 6.56. The molecule has 9 nitrogen and oxygen atoms in total. The molecule has 2 N–H and O–H groups in total. The molecule has 0 radical (unpaired) electrons. The molecule has 2 aliphatic heterocycles. The normalized spacial score (nSPS) is 20.4. The molecule has 4 heterocycles. The lowest BCUT2D eigenvalue weighted by Gasteiger charge is -2.32. The van der Waals surface area contributed by atoms with E-state index in [9.17, 15) is 14.4 Å². The van der Waals surface area contributed by atoms with Gasteiger partial charge < -0.3 is 25.2 Å². The molecule has 0 saturated carbocycles. The number of likely N-dealkylation sites (tertiary alicyclic amines) is 2. The highest BCUT2D eigenvalue weighted by atomic mass is 32.1. The van der Waals surface area contributed by atoms with Crippen LogP contribution < -0.4 is 15.4 Å². The lowest BCUT2D eigenvalue weighted by atomic mass is 9.97. The number of ether oxygens (including phenoxy) is 1. The number of hydrogen-bond acceptors (Lipinski definition) is 9. The molecule has 6 rings (SSSR count). The Morgan fingerprint density at radius 3 is 2.75 bits per heavy atom. The summed E-state index contributed by atoms with van der Waals surface area (Å²) in [6.07, 6.45) is 4.09. The molecule has 0 bridgehead atoms. The molecule has 4 aromatic rings. The average molecular weight is 618 g/mol. The Morgan fingerprint density at radius 2 is 2.05 bits per heavy atom. The van der Waals surface area contributed by atoms with Gasteiger partial charge >= 0.3 is 6.01 Å². The SMILES string of the molecule is C=CC(=O)N1CCC(N(C)c2nc(OC[C@@H]3CCCN3C)nc3cc(-c4ccc(F)c5sc(N)c(C#N)c45)c(F)cc23)[C@H]1C. The number of nitrogens with two attached hydrogens (primary N) is 1. The van der Waals surface area contributed by atoms with Crippen molar-refractivity contribution in [2.24, 2.45) is 0 Å². The highest BCUT2D eigenvalue weighted by Gasteiger charge is 2.37. The molecule has 0 spiro atoms. The smallest absolute Gasteiger partial charge is 0.319 e. The number of nitrogens with zero attached hydrogens (tertiary/aromatic N) is 6. The zero-order chi connectivity index (χ0) is 31.3. The third kappa shape index (κ3) is 5.00. The van der Waals surface area contributed by atoms with Crippen molar-refractivity contribution in [2.45, 2.75) is 44.3 Å². The monoisotopic (exact) mass is 617 g/mol. The van der Waals surface area contributed by atoms with Crippen molar-refractivity contribution in [3.05, 3.63) is 54.1 Å². The minimum atomic E-state index is -0.582. The van der Waals surface area contributed by atoms with Crippen molar-refractivity contribution in [2.75, 3.05) is 44.4 Å². The van der Waals surface area contributed by atoms with E-state index >= 15 is 4.39 Å². The Labute approximate surface area is 258 Å². The number of nitrogen functional groups attached to an aromatic ring is 1. The molecule has 44 heavy (non-hydrogen) atoms. The number of thiophene rings is 1. The molecule has 12 heteroatoms. The average Bonchev–Trinajstić information content (AvgIpc) is 3.71. The van der Waals surface area contributed by atoms with Crippen LogP contribution in [0.15, 0.2) is 36.9 Å². The van der Waals surface area contributed by atoms with Gasteiger partial charge in [-0.3, -0.25) is 4.79 Å². The summed E-state index contributed by atoms with van der Waals surface area (Å²) in [4.78, 5) is 27.9. The number of benzene rings is 2. The minimum absolute atomic E-state index is 0.0998. The molecule has 3 atom stereocenters. The molecule has 2 aliphatic rings. The van der Waals surface area contributed by atoms with Crippen molar-refractivity contribution in [1.29, 1.82) is 5.26 Å². The molecular formula is C32H33F2N7O2S. The number of nitriles is 1. The maximum Gasteiger partial charge on any atom is 0.319 e. The second-order valence-electron chi connectivity index (χ2n) is 11.5. The quantitative estimate of drug-likeness (QED) is 0.277. The Bertz CT molecular complexity index is 1840. The summed E-state index contributed by atoms with van der Waals surface area (Å²) in [6.45, 7) is 7.56. The Morgan fingerprint density at radius 1 is 1.25 bits per heavy atom. The third-order valence-corrected chi connectivity index (χ3v) is 10.1. The van der Waals surface area contributed by atoms with Crippen LogP contribution in [-0.2, 0) is 4.79 Å². The fraction of sp³-hybridized carbons (Fsp3) is 0.375. The Hall–Kier alpha value is -4.34. The van der Waals surface area contributed by atoms with Gasteiger partial charge in [0, 0.05) is 42.0 Å². The number of hydrogen-bond donors (Lipinski definition) is 1. The molecule has 228 valence electrons. The Kier molecular flexibility index (Phi) is 7.86. The van der Waals surface area contributed by atoms with Crippen LogP contribution in [0.3, 0.4) is 0 Å². The predicted octanol–water partition coefficient (Wildman–Crippen LogP) is 5.33. The molecule has 1 unspecified atom stereocenters. The van der Waals surface area contributed by atoms with E-state index in [1.807, 2.05) is 24.9 Å². The van der Waals surface area contributed by atoms with E-state index in [-0.39, 0.29) is 56.3 Å². The first-order valence-corrected chi connectivity index (χ1v) is 15.4. The predicted molar refractivity (Wildman–Crippen MR) is 169 cm³/mol. The van der Waals surface area contributed by atoms with Gasteiger partial charge in [-0.1, -0.05) is 12.6 Å². The van der Waals surface area contributed by atoms with Gasteiger partial charge in [-0.2, -0.15) is 15.2 Å². The zero-order valence-electron chi connectivity index (χ0n) is 24.8. The van der Waals surface area contributed by atoms with Crippen molar-refractivity contribution in [3.63, 3.8) is 0 Å². The number of rotatable bonds is 7. The highest BCUT2D eigenvalue weighted by molar-refractivity contribution is 7.23. The number of amides is 1. The maximum absolute atomic E-state index is 16.1. The van der Waals surface area contributed by atoms with Crippen LogP contribution in [0, 0.1) is 23.0 Å². The summed E-state index contributed by atoms with van der Waals surface area (Å²) in [6, 6.07) is 7.86. The van der Waals surface area contributed by atoms with Gasteiger partial charge in [0.1, 0.15) is 35.1 Å². The Balaban J connectivity index is 1.48. The largest absolute Gasteiger partial charge is 0.462 e. The topological polar surface area (TPSA) is 112 Å². The molecular weight excluding hydrogens is 584 g/mol. The minimum Gasteiger partial charge on any atom is -0.462 e. The van der Waals surface area contributed by atoms with E-state index in [0.29, 0.717) is 41.9 Å². The van der Waals surface area contributed by atoms with Gasteiger partial charge in [0.15, 0.2) is 0 Å². The van der Waals surface area contributed by atoms with Crippen LogP contribution in [0.2, 0.25) is 0 Å². The number of aromatic nitrogens is 2. The lowest BCUT2D eigenvalue weighted by Crippen LogP contribution is -2.43. The standard InChI is InChI=1S/C32H33F2N7O2S/c1-5-27(42)41-12-10-26(17(41)2)40(4)31-21-13-24(34)20(19-8-9-23(33)29-28(19)22(15-35)30(36)44-29)14-25(21)37-32(38-31)43-16-18-7-6-11-39(18)3/h5,8-9,13-14,17-18,26H,1,6-7,10-12,16,36H2,2-4H3/t17-,18+,26?/m1/s1. The lowest BCUT2D eigenvalue weighted by molar-refractivity contribution is -0.126. The molecule has 0 aliphatic carbocycles. The summed E-state index contributed by atoms with van der Waals surface area (Å²) >= 11 is 0.961. The van der Waals surface area contributed by atoms with Gasteiger partial charge in [-0.25, -0.2) is 8.78 Å².